The molecule has 2 N–H and O–H groups in total. The zero-order valence-electron chi connectivity index (χ0n) is 21.5. The van der Waals surface area contributed by atoms with E-state index in [9.17, 15) is 9.59 Å². The summed E-state index contributed by atoms with van der Waals surface area (Å²) < 4.78 is 6.26. The number of carboxylic acids is 1. The molecule has 7 heteroatoms. The fraction of sp³-hybridized carbons (Fsp3) is 0.355. The number of carbonyl (C=O) groups is 2. The molecule has 2 amide bonds. The Kier molecular flexibility index (Phi) is 7.89. The van der Waals surface area contributed by atoms with Gasteiger partial charge in [0.05, 0.1) is 12.2 Å². The van der Waals surface area contributed by atoms with Crippen LogP contribution in [0, 0.1) is 5.92 Å². The highest BCUT2D eigenvalue weighted by atomic mass is 35.5. The number of anilines is 2. The number of carboxylic acid groups (broad SMARTS) is 1. The predicted octanol–water partition coefficient (Wildman–Crippen LogP) is 7.97. The molecule has 1 atom stereocenters. The lowest BCUT2D eigenvalue weighted by Crippen LogP contribution is -2.45. The Morgan fingerprint density at radius 3 is 2.42 bits per heavy atom. The largest absolute Gasteiger partial charge is 0.486 e. The van der Waals surface area contributed by atoms with Crippen LogP contribution in [0.2, 0.25) is 5.02 Å². The summed E-state index contributed by atoms with van der Waals surface area (Å²) in [6, 6.07) is 21.6. The summed E-state index contributed by atoms with van der Waals surface area (Å²) in [6.45, 7) is 2.53. The monoisotopic (exact) mass is 532 g/mol. The van der Waals surface area contributed by atoms with Crippen LogP contribution in [0.3, 0.4) is 0 Å². The van der Waals surface area contributed by atoms with Crippen LogP contribution in [0.1, 0.15) is 56.9 Å². The van der Waals surface area contributed by atoms with E-state index in [1.165, 1.54) is 5.56 Å². The van der Waals surface area contributed by atoms with Gasteiger partial charge in [-0.1, -0.05) is 54.9 Å². The smallest absolute Gasteiger partial charge is 0.326 e. The maximum Gasteiger partial charge on any atom is 0.326 e. The molecule has 1 fully saturated rings. The molecule has 198 valence electrons. The molecular formula is C31H33ClN2O4. The van der Waals surface area contributed by atoms with Crippen molar-refractivity contribution in [3.8, 4) is 16.9 Å². The first-order valence-corrected chi connectivity index (χ1v) is 13.7. The molecule has 0 spiro atoms. The minimum absolute atomic E-state index is 0.0958. The van der Waals surface area contributed by atoms with E-state index in [4.69, 9.17) is 21.4 Å². The second-order valence-corrected chi connectivity index (χ2v) is 10.8. The minimum Gasteiger partial charge on any atom is -0.486 e. The number of halogens is 1. The van der Waals surface area contributed by atoms with Crippen LogP contribution in [0.25, 0.3) is 11.1 Å². The molecule has 38 heavy (non-hydrogen) atoms. The summed E-state index contributed by atoms with van der Waals surface area (Å²) in [6.07, 6.45) is 4.99. The number of aliphatic carboxylic acids is 1. The summed E-state index contributed by atoms with van der Waals surface area (Å²) in [7, 11) is 0. The van der Waals surface area contributed by atoms with Crippen LogP contribution in [0.4, 0.5) is 16.2 Å². The third-order valence-electron chi connectivity index (χ3n) is 7.73. The SMILES string of the molecule is CCC1CN(C(=O)Nc2cccc(Cl)c2)c2ccc(-c3ccc(C4CCC(CC(=O)O)CC4)cc3)cc2O1. The first-order chi connectivity index (χ1) is 18.4. The van der Waals surface area contributed by atoms with Crippen molar-refractivity contribution in [2.24, 2.45) is 5.92 Å². The van der Waals surface area contributed by atoms with Crippen molar-refractivity contribution < 1.29 is 19.4 Å². The highest BCUT2D eigenvalue weighted by Crippen LogP contribution is 2.40. The molecule has 1 unspecified atom stereocenters. The van der Waals surface area contributed by atoms with Crippen LogP contribution in [0.5, 0.6) is 5.75 Å². The van der Waals surface area contributed by atoms with Gasteiger partial charge in [-0.05, 0) is 91.0 Å². The third-order valence-corrected chi connectivity index (χ3v) is 7.97. The normalized spacial score (nSPS) is 20.8. The van der Waals surface area contributed by atoms with Gasteiger partial charge in [0, 0.05) is 17.1 Å². The fourth-order valence-electron chi connectivity index (χ4n) is 5.59. The molecule has 6 nitrogen and oxygen atoms in total. The number of benzene rings is 3. The van der Waals surface area contributed by atoms with E-state index in [0.29, 0.717) is 34.8 Å². The maximum atomic E-state index is 13.2. The number of fused-ring (bicyclic) bond motifs is 1. The van der Waals surface area contributed by atoms with Gasteiger partial charge < -0.3 is 15.2 Å². The van der Waals surface area contributed by atoms with Crippen molar-refractivity contribution in [2.75, 3.05) is 16.8 Å². The van der Waals surface area contributed by atoms with Gasteiger partial charge in [0.25, 0.3) is 0 Å². The molecular weight excluding hydrogens is 500 g/mol. The molecule has 0 aromatic heterocycles. The zero-order valence-corrected chi connectivity index (χ0v) is 22.3. The first-order valence-electron chi connectivity index (χ1n) is 13.4. The summed E-state index contributed by atoms with van der Waals surface area (Å²) >= 11 is 6.09. The van der Waals surface area contributed by atoms with Gasteiger partial charge in [0.15, 0.2) is 0 Å². The Balaban J connectivity index is 1.31. The Labute approximate surface area is 228 Å². The molecule has 0 saturated heterocycles. The van der Waals surface area contributed by atoms with Crippen molar-refractivity contribution in [3.05, 3.63) is 77.3 Å². The average molecular weight is 533 g/mol. The van der Waals surface area contributed by atoms with Gasteiger partial charge in [-0.3, -0.25) is 9.69 Å². The van der Waals surface area contributed by atoms with E-state index in [1.807, 2.05) is 30.3 Å². The Hall–Kier alpha value is -3.51. The highest BCUT2D eigenvalue weighted by molar-refractivity contribution is 6.30. The van der Waals surface area contributed by atoms with Gasteiger partial charge in [0.2, 0.25) is 0 Å². The lowest BCUT2D eigenvalue weighted by Gasteiger charge is -2.35. The highest BCUT2D eigenvalue weighted by Gasteiger charge is 2.30. The lowest BCUT2D eigenvalue weighted by atomic mass is 9.77. The van der Waals surface area contributed by atoms with Crippen molar-refractivity contribution >= 4 is 35.0 Å². The van der Waals surface area contributed by atoms with E-state index in [1.54, 1.807) is 17.0 Å². The van der Waals surface area contributed by atoms with Crippen LogP contribution in [-0.4, -0.2) is 29.8 Å². The standard InChI is InChI=1S/C31H33ClN2O4/c1-2-27-19-34(31(37)33-26-5-3-4-25(32)18-26)28-15-14-24(17-29(28)38-27)23-12-10-22(11-13-23)21-8-6-20(7-9-21)16-30(35)36/h3-5,10-15,17-18,20-21,27H,2,6-9,16,19H2,1H3,(H,33,37)(H,35,36). The zero-order chi connectivity index (χ0) is 26.6. The molecule has 3 aromatic rings. The summed E-state index contributed by atoms with van der Waals surface area (Å²) in [5, 5.41) is 12.6. The Morgan fingerprint density at radius 1 is 1.00 bits per heavy atom. The number of nitrogens with one attached hydrogen (secondary N) is 1. The van der Waals surface area contributed by atoms with Crippen molar-refractivity contribution in [2.45, 2.75) is 57.5 Å². The van der Waals surface area contributed by atoms with Gasteiger partial charge in [0.1, 0.15) is 11.9 Å². The number of urea groups is 1. The molecule has 0 radical (unpaired) electrons. The van der Waals surface area contributed by atoms with Crippen molar-refractivity contribution in [1.29, 1.82) is 0 Å². The van der Waals surface area contributed by atoms with Gasteiger partial charge in [-0.25, -0.2) is 4.79 Å². The van der Waals surface area contributed by atoms with Crippen LogP contribution in [0.15, 0.2) is 66.7 Å². The predicted molar refractivity (Wildman–Crippen MR) is 151 cm³/mol. The Morgan fingerprint density at radius 2 is 1.74 bits per heavy atom. The van der Waals surface area contributed by atoms with Crippen LogP contribution in [-0.2, 0) is 4.79 Å². The second kappa shape index (κ2) is 11.5. The van der Waals surface area contributed by atoms with Gasteiger partial charge >= 0.3 is 12.0 Å². The number of hydrogen-bond acceptors (Lipinski definition) is 3. The topological polar surface area (TPSA) is 78.9 Å². The van der Waals surface area contributed by atoms with E-state index in [-0.39, 0.29) is 18.6 Å². The number of ether oxygens (including phenoxy) is 1. The molecule has 1 heterocycles. The van der Waals surface area contributed by atoms with E-state index >= 15 is 0 Å². The molecule has 5 rings (SSSR count). The molecule has 0 bridgehead atoms. The molecule has 2 aliphatic rings. The van der Waals surface area contributed by atoms with Gasteiger partial charge in [-0.15, -0.1) is 0 Å². The molecule has 1 saturated carbocycles. The summed E-state index contributed by atoms with van der Waals surface area (Å²) in [5.74, 6) is 0.792. The molecule has 3 aromatic carbocycles. The second-order valence-electron chi connectivity index (χ2n) is 10.3. The lowest BCUT2D eigenvalue weighted by molar-refractivity contribution is -0.138. The average Bonchev–Trinajstić information content (AvgIpc) is 2.92. The summed E-state index contributed by atoms with van der Waals surface area (Å²) in [4.78, 5) is 26.0. The first kappa shape index (κ1) is 26.1. The minimum atomic E-state index is -0.693. The van der Waals surface area contributed by atoms with E-state index < -0.39 is 5.97 Å². The fourth-order valence-corrected chi connectivity index (χ4v) is 5.78. The van der Waals surface area contributed by atoms with E-state index in [0.717, 1.165) is 48.9 Å². The van der Waals surface area contributed by atoms with Crippen LogP contribution < -0.4 is 15.0 Å². The number of rotatable bonds is 6. The summed E-state index contributed by atoms with van der Waals surface area (Å²) in [5.41, 5.74) is 4.83. The number of nitrogens with zero attached hydrogens (tertiary/aromatic N) is 1. The van der Waals surface area contributed by atoms with Gasteiger partial charge in [-0.2, -0.15) is 0 Å². The molecule has 1 aliphatic heterocycles. The number of hydrogen-bond donors (Lipinski definition) is 2. The quantitative estimate of drug-likeness (QED) is 0.337. The van der Waals surface area contributed by atoms with E-state index in [2.05, 4.69) is 36.5 Å². The Bertz CT molecular complexity index is 1300. The maximum absolute atomic E-state index is 13.2. The van der Waals surface area contributed by atoms with Crippen molar-refractivity contribution in [3.63, 3.8) is 0 Å². The van der Waals surface area contributed by atoms with Crippen LogP contribution >= 0.6 is 11.6 Å². The number of carbonyl (C=O) groups excluding carboxylic acids is 1. The number of amides is 2. The third kappa shape index (κ3) is 5.97. The molecule has 1 aliphatic carbocycles. The van der Waals surface area contributed by atoms with Crippen molar-refractivity contribution in [1.82, 2.24) is 0 Å².